The van der Waals surface area contributed by atoms with Gasteiger partial charge in [-0.05, 0) is 50.7 Å². The zero-order valence-electron chi connectivity index (χ0n) is 14.3. The fourth-order valence-corrected chi connectivity index (χ4v) is 3.39. The van der Waals surface area contributed by atoms with Crippen molar-refractivity contribution in [2.24, 2.45) is 0 Å². The molecule has 1 aromatic carbocycles. The summed E-state index contributed by atoms with van der Waals surface area (Å²) < 4.78 is 7.65. The molecule has 0 saturated heterocycles. The number of amides is 1. The van der Waals surface area contributed by atoms with Gasteiger partial charge in [0, 0.05) is 18.2 Å². The Hall–Kier alpha value is -2.37. The summed E-state index contributed by atoms with van der Waals surface area (Å²) in [6.45, 7) is 0.250. The zero-order valence-corrected chi connectivity index (χ0v) is 14.3. The van der Waals surface area contributed by atoms with E-state index in [9.17, 15) is 4.79 Å². The Morgan fingerprint density at radius 3 is 2.60 bits per heavy atom. The van der Waals surface area contributed by atoms with Gasteiger partial charge in [0.2, 0.25) is 5.91 Å². The van der Waals surface area contributed by atoms with E-state index in [4.69, 9.17) is 4.74 Å². The van der Waals surface area contributed by atoms with E-state index in [2.05, 4.69) is 15.6 Å². The number of hydrogen-bond acceptors (Lipinski definition) is 4. The van der Waals surface area contributed by atoms with Gasteiger partial charge >= 0.3 is 0 Å². The molecule has 1 N–H and O–H groups in total. The minimum atomic E-state index is 0.0136. The molecule has 2 saturated carbocycles. The number of para-hydroxylation sites is 1. The number of carbonyl (C=O) groups excluding carboxylic acids is 1. The van der Waals surface area contributed by atoms with Gasteiger partial charge < -0.3 is 10.1 Å². The van der Waals surface area contributed by atoms with Crippen LogP contribution in [0.1, 0.15) is 50.1 Å². The van der Waals surface area contributed by atoms with Gasteiger partial charge in [0.05, 0.1) is 11.8 Å². The van der Waals surface area contributed by atoms with Crippen LogP contribution in [-0.2, 0) is 11.3 Å². The van der Waals surface area contributed by atoms with Gasteiger partial charge in [0.25, 0.3) is 0 Å². The van der Waals surface area contributed by atoms with Crippen molar-refractivity contribution in [2.75, 3.05) is 0 Å². The summed E-state index contributed by atoms with van der Waals surface area (Å²) in [6, 6.07) is 10.2. The van der Waals surface area contributed by atoms with Gasteiger partial charge in [-0.1, -0.05) is 23.4 Å². The SMILES string of the molecule is O=C(Cn1cc(C2CC2)nn1)NC1CCC(Oc2ccccc2)CC1. The third-order valence-electron chi connectivity index (χ3n) is 4.94. The van der Waals surface area contributed by atoms with E-state index in [1.54, 1.807) is 4.68 Å². The summed E-state index contributed by atoms with van der Waals surface area (Å²) in [5.41, 5.74) is 1.02. The van der Waals surface area contributed by atoms with Crippen molar-refractivity contribution >= 4 is 5.91 Å². The van der Waals surface area contributed by atoms with Gasteiger partial charge in [-0.2, -0.15) is 0 Å². The number of benzene rings is 1. The van der Waals surface area contributed by atoms with Gasteiger partial charge in [-0.3, -0.25) is 4.79 Å². The Balaban J connectivity index is 1.20. The van der Waals surface area contributed by atoms with E-state index in [0.717, 1.165) is 37.1 Å². The maximum Gasteiger partial charge on any atom is 0.242 e. The molecular weight excluding hydrogens is 316 g/mol. The topological polar surface area (TPSA) is 69.0 Å². The summed E-state index contributed by atoms with van der Waals surface area (Å²) in [7, 11) is 0. The van der Waals surface area contributed by atoms with Crippen molar-refractivity contribution in [1.82, 2.24) is 20.3 Å². The molecule has 0 bridgehead atoms. The summed E-state index contributed by atoms with van der Waals surface area (Å²) in [5, 5.41) is 11.3. The maximum atomic E-state index is 12.2. The van der Waals surface area contributed by atoms with Crippen LogP contribution in [-0.4, -0.2) is 33.0 Å². The third kappa shape index (κ3) is 4.38. The van der Waals surface area contributed by atoms with E-state index in [0.29, 0.717) is 5.92 Å². The second kappa shape index (κ2) is 7.25. The minimum absolute atomic E-state index is 0.0136. The average molecular weight is 340 g/mol. The molecule has 0 spiro atoms. The van der Waals surface area contributed by atoms with Crippen LogP contribution < -0.4 is 10.1 Å². The molecule has 0 radical (unpaired) electrons. The fourth-order valence-electron chi connectivity index (χ4n) is 3.39. The standard InChI is InChI=1S/C19H24N4O2/c24-19(13-23-12-18(21-22-23)14-6-7-14)20-15-8-10-17(11-9-15)25-16-4-2-1-3-5-16/h1-5,12,14-15,17H,6-11,13H2,(H,20,24). The van der Waals surface area contributed by atoms with Crippen molar-refractivity contribution in [2.45, 2.75) is 63.1 Å². The first-order valence-electron chi connectivity index (χ1n) is 9.17. The monoisotopic (exact) mass is 340 g/mol. The molecule has 2 aromatic rings. The normalized spacial score (nSPS) is 23.2. The first-order valence-corrected chi connectivity index (χ1v) is 9.17. The summed E-state index contributed by atoms with van der Waals surface area (Å²) in [5.74, 6) is 1.50. The van der Waals surface area contributed by atoms with E-state index in [1.165, 1.54) is 12.8 Å². The first kappa shape index (κ1) is 16.1. The number of rotatable bonds is 6. The number of hydrogen-bond donors (Lipinski definition) is 1. The van der Waals surface area contributed by atoms with Crippen LogP contribution in [0.15, 0.2) is 36.5 Å². The number of carbonyl (C=O) groups is 1. The van der Waals surface area contributed by atoms with Crippen LogP contribution in [0, 0.1) is 0 Å². The molecule has 2 aliphatic carbocycles. The number of nitrogens with zero attached hydrogens (tertiary/aromatic N) is 3. The molecule has 2 aliphatic rings. The molecule has 0 unspecified atom stereocenters. The Morgan fingerprint density at radius 2 is 1.88 bits per heavy atom. The van der Waals surface area contributed by atoms with Gasteiger partial charge in [-0.25, -0.2) is 4.68 Å². The molecule has 0 aliphatic heterocycles. The Labute approximate surface area is 147 Å². The molecule has 6 nitrogen and oxygen atoms in total. The molecule has 132 valence electrons. The molecule has 1 aromatic heterocycles. The predicted octanol–water partition coefficient (Wildman–Crippen LogP) is 2.66. The summed E-state index contributed by atoms with van der Waals surface area (Å²) >= 11 is 0. The van der Waals surface area contributed by atoms with Crippen LogP contribution >= 0.6 is 0 Å². The quantitative estimate of drug-likeness (QED) is 0.878. The Kier molecular flexibility index (Phi) is 4.68. The van der Waals surface area contributed by atoms with E-state index >= 15 is 0 Å². The van der Waals surface area contributed by atoms with Crippen molar-refractivity contribution < 1.29 is 9.53 Å². The smallest absolute Gasteiger partial charge is 0.242 e. The van der Waals surface area contributed by atoms with Gasteiger partial charge in [0.15, 0.2) is 0 Å². The van der Waals surface area contributed by atoms with Crippen LogP contribution in [0.2, 0.25) is 0 Å². The van der Waals surface area contributed by atoms with Gasteiger partial charge in [0.1, 0.15) is 12.3 Å². The molecule has 6 heteroatoms. The molecule has 4 rings (SSSR count). The number of nitrogens with one attached hydrogen (secondary N) is 1. The van der Waals surface area contributed by atoms with Gasteiger partial charge in [-0.15, -0.1) is 5.10 Å². The van der Waals surface area contributed by atoms with E-state index in [1.807, 2.05) is 36.5 Å². The maximum absolute atomic E-state index is 12.2. The van der Waals surface area contributed by atoms with Crippen LogP contribution in [0.4, 0.5) is 0 Å². The third-order valence-corrected chi connectivity index (χ3v) is 4.94. The lowest BCUT2D eigenvalue weighted by molar-refractivity contribution is -0.122. The second-order valence-corrected chi connectivity index (χ2v) is 7.09. The van der Waals surface area contributed by atoms with E-state index < -0.39 is 0 Å². The Morgan fingerprint density at radius 1 is 1.12 bits per heavy atom. The summed E-state index contributed by atoms with van der Waals surface area (Å²) in [6.07, 6.45) is 8.37. The lowest BCUT2D eigenvalue weighted by Gasteiger charge is -2.29. The highest BCUT2D eigenvalue weighted by molar-refractivity contribution is 5.75. The predicted molar refractivity (Wildman–Crippen MR) is 93.3 cm³/mol. The molecule has 1 heterocycles. The van der Waals surface area contributed by atoms with Crippen molar-refractivity contribution in [3.05, 3.63) is 42.2 Å². The lowest BCUT2D eigenvalue weighted by Crippen LogP contribution is -2.41. The highest BCUT2D eigenvalue weighted by Gasteiger charge is 2.27. The average Bonchev–Trinajstić information content (AvgIpc) is 3.37. The van der Waals surface area contributed by atoms with Crippen molar-refractivity contribution in [3.63, 3.8) is 0 Å². The molecule has 0 atom stereocenters. The van der Waals surface area contributed by atoms with Crippen molar-refractivity contribution in [3.8, 4) is 5.75 Å². The first-order chi connectivity index (χ1) is 12.3. The molecule has 25 heavy (non-hydrogen) atoms. The van der Waals surface area contributed by atoms with Crippen LogP contribution in [0.5, 0.6) is 5.75 Å². The molecular formula is C19H24N4O2. The highest BCUT2D eigenvalue weighted by Crippen LogP contribution is 2.38. The zero-order chi connectivity index (χ0) is 17.1. The van der Waals surface area contributed by atoms with Crippen molar-refractivity contribution in [1.29, 1.82) is 0 Å². The molecule has 1 amide bonds. The Bertz CT molecular complexity index is 703. The molecule has 2 fully saturated rings. The minimum Gasteiger partial charge on any atom is -0.490 e. The van der Waals surface area contributed by atoms with Crippen LogP contribution in [0.3, 0.4) is 0 Å². The number of ether oxygens (including phenoxy) is 1. The summed E-state index contributed by atoms with van der Waals surface area (Å²) in [4.78, 5) is 12.2. The largest absolute Gasteiger partial charge is 0.490 e. The van der Waals surface area contributed by atoms with E-state index in [-0.39, 0.29) is 24.6 Å². The number of aromatic nitrogens is 3. The van der Waals surface area contributed by atoms with Crippen LogP contribution in [0.25, 0.3) is 0 Å². The lowest BCUT2D eigenvalue weighted by atomic mass is 9.93. The highest BCUT2D eigenvalue weighted by atomic mass is 16.5. The fraction of sp³-hybridized carbons (Fsp3) is 0.526. The second-order valence-electron chi connectivity index (χ2n) is 7.09.